The number of anilines is 1. The highest BCUT2D eigenvalue weighted by Gasteiger charge is 2.12. The van der Waals surface area contributed by atoms with Crippen LogP contribution in [0.15, 0.2) is 42.6 Å². The smallest absolute Gasteiger partial charge is 0.306 e. The molecule has 0 atom stereocenters. The van der Waals surface area contributed by atoms with Crippen LogP contribution < -0.4 is 10.1 Å². The van der Waals surface area contributed by atoms with Crippen LogP contribution in [0.25, 0.3) is 0 Å². The quantitative estimate of drug-likeness (QED) is 0.479. The zero-order valence-electron chi connectivity index (χ0n) is 15.4. The first-order chi connectivity index (χ1) is 13.5. The van der Waals surface area contributed by atoms with Gasteiger partial charge >= 0.3 is 5.97 Å². The minimum Gasteiger partial charge on any atom is -0.494 e. The van der Waals surface area contributed by atoms with Crippen molar-refractivity contribution in [1.82, 2.24) is 4.98 Å². The fraction of sp³-hybridized carbons (Fsp3) is 0.300. The Morgan fingerprint density at radius 2 is 1.82 bits per heavy atom. The van der Waals surface area contributed by atoms with E-state index in [0.717, 1.165) is 6.42 Å². The lowest BCUT2D eigenvalue weighted by Crippen LogP contribution is -2.21. The molecule has 1 aromatic heterocycles. The summed E-state index contributed by atoms with van der Waals surface area (Å²) < 4.78 is 10.3. The van der Waals surface area contributed by atoms with Gasteiger partial charge in [0.25, 0.3) is 5.91 Å². The highest BCUT2D eigenvalue weighted by Crippen LogP contribution is 2.14. The summed E-state index contributed by atoms with van der Waals surface area (Å²) in [7, 11) is 0. The molecule has 0 aliphatic carbocycles. The number of pyridine rings is 1. The molecule has 1 aromatic carbocycles. The lowest BCUT2D eigenvalue weighted by atomic mass is 10.1. The Morgan fingerprint density at radius 3 is 2.46 bits per heavy atom. The summed E-state index contributed by atoms with van der Waals surface area (Å²) >= 11 is 5.70. The number of carbonyl (C=O) groups excluding carboxylic acids is 3. The zero-order chi connectivity index (χ0) is 20.4. The number of rotatable bonds is 10. The molecule has 0 radical (unpaired) electrons. The number of amides is 1. The number of carbonyl (C=O) groups is 3. The highest BCUT2D eigenvalue weighted by molar-refractivity contribution is 6.30. The van der Waals surface area contributed by atoms with Gasteiger partial charge in [-0.25, -0.2) is 4.98 Å². The van der Waals surface area contributed by atoms with Crippen molar-refractivity contribution >= 4 is 35.1 Å². The molecule has 8 heteroatoms. The second kappa shape index (κ2) is 11.0. The van der Waals surface area contributed by atoms with Gasteiger partial charge in [0.2, 0.25) is 0 Å². The number of esters is 1. The highest BCUT2D eigenvalue weighted by atomic mass is 35.5. The van der Waals surface area contributed by atoms with Gasteiger partial charge in [0.1, 0.15) is 11.6 Å². The molecule has 0 spiro atoms. The number of ether oxygens (including phenoxy) is 2. The van der Waals surface area contributed by atoms with E-state index in [1.165, 1.54) is 12.3 Å². The summed E-state index contributed by atoms with van der Waals surface area (Å²) in [6, 6.07) is 9.85. The molecule has 2 aromatic rings. The molecule has 148 valence electrons. The van der Waals surface area contributed by atoms with Crippen molar-refractivity contribution in [3.8, 4) is 5.75 Å². The minimum atomic E-state index is -0.629. The molecule has 0 bridgehead atoms. The van der Waals surface area contributed by atoms with Crippen molar-refractivity contribution in [2.24, 2.45) is 0 Å². The van der Waals surface area contributed by atoms with Crippen molar-refractivity contribution in [3.05, 3.63) is 53.2 Å². The first kappa shape index (κ1) is 21.4. The predicted molar refractivity (Wildman–Crippen MR) is 105 cm³/mol. The van der Waals surface area contributed by atoms with E-state index in [9.17, 15) is 14.4 Å². The fourth-order valence-electron chi connectivity index (χ4n) is 2.16. The average molecular weight is 405 g/mol. The van der Waals surface area contributed by atoms with Crippen molar-refractivity contribution in [2.75, 3.05) is 18.5 Å². The maximum absolute atomic E-state index is 12.1. The summed E-state index contributed by atoms with van der Waals surface area (Å²) in [5, 5.41) is 2.91. The first-order valence-corrected chi connectivity index (χ1v) is 9.19. The number of ketones is 1. The van der Waals surface area contributed by atoms with Crippen LogP contribution in [0.3, 0.4) is 0 Å². The second-order valence-electron chi connectivity index (χ2n) is 5.87. The Bertz CT molecular complexity index is 806. The van der Waals surface area contributed by atoms with Crippen LogP contribution in [-0.2, 0) is 14.3 Å². The normalized spacial score (nSPS) is 10.2. The third-order valence-electron chi connectivity index (χ3n) is 3.56. The van der Waals surface area contributed by atoms with E-state index in [4.69, 9.17) is 21.1 Å². The molecule has 1 N–H and O–H groups in total. The van der Waals surface area contributed by atoms with Gasteiger partial charge in [0.05, 0.1) is 18.1 Å². The Morgan fingerprint density at radius 1 is 1.07 bits per heavy atom. The van der Waals surface area contributed by atoms with Gasteiger partial charge in [0.15, 0.2) is 12.4 Å². The lowest BCUT2D eigenvalue weighted by Gasteiger charge is -2.07. The summed E-state index contributed by atoms with van der Waals surface area (Å²) in [6.45, 7) is 2.16. The largest absolute Gasteiger partial charge is 0.494 e. The number of Topliss-reactive ketones (excluding diaryl/α,β-unsaturated/α-hetero) is 1. The van der Waals surface area contributed by atoms with E-state index >= 15 is 0 Å². The van der Waals surface area contributed by atoms with Gasteiger partial charge in [0, 0.05) is 18.2 Å². The number of nitrogens with one attached hydrogen (secondary N) is 1. The predicted octanol–water partition coefficient (Wildman–Crippen LogP) is 3.67. The molecule has 1 heterocycles. The van der Waals surface area contributed by atoms with Crippen LogP contribution in [0.2, 0.25) is 5.02 Å². The Balaban J connectivity index is 1.70. The number of hydrogen-bond donors (Lipinski definition) is 1. The van der Waals surface area contributed by atoms with Gasteiger partial charge in [-0.3, -0.25) is 14.4 Å². The number of benzene rings is 1. The van der Waals surface area contributed by atoms with E-state index < -0.39 is 18.5 Å². The number of hydrogen-bond acceptors (Lipinski definition) is 6. The SMILES string of the molecule is CCCOc1ccc(C(=O)CCC(=O)OCC(=O)Nc2ccc(Cl)cn2)cc1. The average Bonchev–Trinajstić information content (AvgIpc) is 2.71. The lowest BCUT2D eigenvalue weighted by molar-refractivity contribution is -0.147. The van der Waals surface area contributed by atoms with Crippen LogP contribution >= 0.6 is 11.6 Å². The van der Waals surface area contributed by atoms with Crippen LogP contribution in [0.5, 0.6) is 5.75 Å². The van der Waals surface area contributed by atoms with Gasteiger partial charge in [-0.15, -0.1) is 0 Å². The molecule has 0 fully saturated rings. The number of nitrogens with zero attached hydrogens (tertiary/aromatic N) is 1. The molecular weight excluding hydrogens is 384 g/mol. The maximum Gasteiger partial charge on any atom is 0.306 e. The summed E-state index contributed by atoms with van der Waals surface area (Å²) in [5.41, 5.74) is 0.489. The van der Waals surface area contributed by atoms with Gasteiger partial charge in [-0.05, 0) is 42.8 Å². The molecule has 0 aliphatic heterocycles. The minimum absolute atomic E-state index is 0.00560. The molecule has 0 saturated heterocycles. The van der Waals surface area contributed by atoms with E-state index in [1.54, 1.807) is 30.3 Å². The fourth-order valence-corrected chi connectivity index (χ4v) is 2.28. The van der Waals surface area contributed by atoms with Crippen molar-refractivity contribution in [1.29, 1.82) is 0 Å². The van der Waals surface area contributed by atoms with Crippen LogP contribution in [0.4, 0.5) is 5.82 Å². The molecular formula is C20H21ClN2O5. The number of aromatic nitrogens is 1. The van der Waals surface area contributed by atoms with Crippen molar-refractivity contribution in [2.45, 2.75) is 26.2 Å². The van der Waals surface area contributed by atoms with Gasteiger partial charge < -0.3 is 14.8 Å². The molecule has 0 unspecified atom stereocenters. The van der Waals surface area contributed by atoms with Crippen LogP contribution in [0.1, 0.15) is 36.5 Å². The van der Waals surface area contributed by atoms with E-state index in [1.807, 2.05) is 6.92 Å². The summed E-state index contributed by atoms with van der Waals surface area (Å²) in [5.74, 6) is -0.354. The molecule has 0 saturated carbocycles. The molecule has 7 nitrogen and oxygen atoms in total. The Labute approximate surface area is 168 Å². The van der Waals surface area contributed by atoms with E-state index in [0.29, 0.717) is 28.8 Å². The first-order valence-electron chi connectivity index (χ1n) is 8.81. The summed E-state index contributed by atoms with van der Waals surface area (Å²) in [4.78, 5) is 39.5. The van der Waals surface area contributed by atoms with Gasteiger partial charge in [-0.2, -0.15) is 0 Å². The van der Waals surface area contributed by atoms with Crippen LogP contribution in [0, 0.1) is 0 Å². The molecule has 0 aliphatic rings. The van der Waals surface area contributed by atoms with Crippen LogP contribution in [-0.4, -0.2) is 35.9 Å². The molecule has 1 amide bonds. The monoisotopic (exact) mass is 404 g/mol. The number of halogens is 1. The molecule has 28 heavy (non-hydrogen) atoms. The summed E-state index contributed by atoms with van der Waals surface area (Å²) in [6.07, 6.45) is 2.17. The van der Waals surface area contributed by atoms with Crippen molar-refractivity contribution < 1.29 is 23.9 Å². The standard InChI is InChI=1S/C20H21ClN2O5/c1-2-11-27-16-6-3-14(4-7-16)17(24)8-10-20(26)28-13-19(25)23-18-9-5-15(21)12-22-18/h3-7,9,12H,2,8,10-11,13H2,1H3,(H,22,23,25). The van der Waals surface area contributed by atoms with Gasteiger partial charge in [-0.1, -0.05) is 18.5 Å². The third-order valence-corrected chi connectivity index (χ3v) is 3.79. The third kappa shape index (κ3) is 7.36. The molecule has 2 rings (SSSR count). The maximum atomic E-state index is 12.1. The van der Waals surface area contributed by atoms with Crippen molar-refractivity contribution in [3.63, 3.8) is 0 Å². The van der Waals surface area contributed by atoms with E-state index in [-0.39, 0.29) is 18.6 Å². The second-order valence-corrected chi connectivity index (χ2v) is 6.30. The Hall–Kier alpha value is -2.93. The Kier molecular flexibility index (Phi) is 8.42. The topological polar surface area (TPSA) is 94.6 Å². The zero-order valence-corrected chi connectivity index (χ0v) is 16.2. The van der Waals surface area contributed by atoms with E-state index in [2.05, 4.69) is 10.3 Å².